The first-order chi connectivity index (χ1) is 11.4. The van der Waals surface area contributed by atoms with Crippen LogP contribution in [0.25, 0.3) is 0 Å². The molecule has 6 heteroatoms. The quantitative estimate of drug-likeness (QED) is 0.750. The molecule has 0 aliphatic heterocycles. The van der Waals surface area contributed by atoms with Gasteiger partial charge in [-0.05, 0) is 31.2 Å². The number of hydrogen-bond donors (Lipinski definition) is 0. The van der Waals surface area contributed by atoms with Crippen LogP contribution in [-0.4, -0.2) is 27.2 Å². The Labute approximate surface area is 142 Å². The van der Waals surface area contributed by atoms with Gasteiger partial charge < -0.3 is 9.47 Å². The van der Waals surface area contributed by atoms with E-state index in [-0.39, 0.29) is 22.8 Å². The normalized spacial score (nSPS) is 11.1. The molecule has 0 aliphatic carbocycles. The predicted octanol–water partition coefficient (Wildman–Crippen LogP) is 3.15. The van der Waals surface area contributed by atoms with Gasteiger partial charge in [-0.2, -0.15) is 0 Å². The molecule has 2 rings (SSSR count). The van der Waals surface area contributed by atoms with Crippen molar-refractivity contribution in [3.8, 4) is 5.75 Å². The number of esters is 1. The van der Waals surface area contributed by atoms with E-state index in [9.17, 15) is 13.2 Å². The Balaban J connectivity index is 2.25. The van der Waals surface area contributed by atoms with E-state index in [1.54, 1.807) is 25.3 Å². The van der Waals surface area contributed by atoms with Gasteiger partial charge in [-0.3, -0.25) is 0 Å². The molecule has 0 spiro atoms. The van der Waals surface area contributed by atoms with Crippen molar-refractivity contribution in [2.24, 2.45) is 0 Å². The fraction of sp³-hybridized carbons (Fsp3) is 0.278. The van der Waals surface area contributed by atoms with Crippen molar-refractivity contribution in [3.63, 3.8) is 0 Å². The molecule has 0 saturated heterocycles. The largest absolute Gasteiger partial charge is 0.496 e. The van der Waals surface area contributed by atoms with Gasteiger partial charge in [0.2, 0.25) is 0 Å². The van der Waals surface area contributed by atoms with E-state index in [0.29, 0.717) is 5.75 Å². The highest BCUT2D eigenvalue weighted by atomic mass is 32.2. The van der Waals surface area contributed by atoms with Gasteiger partial charge in [0.05, 0.1) is 23.3 Å². The maximum Gasteiger partial charge on any atom is 0.339 e. The summed E-state index contributed by atoms with van der Waals surface area (Å²) in [7, 11) is -1.96. The van der Waals surface area contributed by atoms with Crippen molar-refractivity contribution in [1.82, 2.24) is 0 Å². The number of hydrogen-bond acceptors (Lipinski definition) is 5. The average molecular weight is 348 g/mol. The summed E-state index contributed by atoms with van der Waals surface area (Å²) in [6.45, 7) is 3.47. The molecule has 0 amide bonds. The third-order valence-electron chi connectivity index (χ3n) is 3.62. The summed E-state index contributed by atoms with van der Waals surface area (Å²) < 4.78 is 34.8. The summed E-state index contributed by atoms with van der Waals surface area (Å²) in [6.07, 6.45) is 0. The topological polar surface area (TPSA) is 69.7 Å². The summed E-state index contributed by atoms with van der Waals surface area (Å²) in [6, 6.07) is 11.6. The second-order valence-corrected chi connectivity index (χ2v) is 7.54. The van der Waals surface area contributed by atoms with Crippen LogP contribution in [0.1, 0.15) is 28.4 Å². The predicted molar refractivity (Wildman–Crippen MR) is 91.0 cm³/mol. The van der Waals surface area contributed by atoms with Gasteiger partial charge in [0, 0.05) is 5.56 Å². The Morgan fingerprint density at radius 3 is 2.50 bits per heavy atom. The zero-order chi connectivity index (χ0) is 17.7. The molecule has 0 aromatic heterocycles. The Morgan fingerprint density at radius 2 is 1.83 bits per heavy atom. The van der Waals surface area contributed by atoms with Crippen molar-refractivity contribution < 1.29 is 22.7 Å². The zero-order valence-corrected chi connectivity index (χ0v) is 14.7. The van der Waals surface area contributed by atoms with Crippen LogP contribution >= 0.6 is 0 Å². The molecule has 24 heavy (non-hydrogen) atoms. The number of sulfone groups is 1. The molecule has 0 atom stereocenters. The van der Waals surface area contributed by atoms with Crippen LogP contribution in [0.3, 0.4) is 0 Å². The van der Waals surface area contributed by atoms with Crippen molar-refractivity contribution in [2.45, 2.75) is 25.3 Å². The molecule has 5 nitrogen and oxygen atoms in total. The minimum Gasteiger partial charge on any atom is -0.496 e. The fourth-order valence-electron chi connectivity index (χ4n) is 2.30. The van der Waals surface area contributed by atoms with Gasteiger partial charge in [0.1, 0.15) is 12.4 Å². The van der Waals surface area contributed by atoms with Gasteiger partial charge in [-0.15, -0.1) is 0 Å². The van der Waals surface area contributed by atoms with Crippen LogP contribution in [0.2, 0.25) is 0 Å². The van der Waals surface area contributed by atoms with E-state index >= 15 is 0 Å². The maximum atomic E-state index is 12.4. The Morgan fingerprint density at radius 1 is 1.12 bits per heavy atom. The Bertz CT molecular complexity index is 840. The van der Waals surface area contributed by atoms with Gasteiger partial charge >= 0.3 is 5.97 Å². The van der Waals surface area contributed by atoms with Crippen molar-refractivity contribution in [3.05, 3.63) is 59.2 Å². The van der Waals surface area contributed by atoms with Crippen LogP contribution < -0.4 is 4.74 Å². The molecule has 0 radical (unpaired) electrons. The van der Waals surface area contributed by atoms with E-state index in [1.165, 1.54) is 19.1 Å². The fourth-order valence-corrected chi connectivity index (χ4v) is 3.39. The molecule has 0 bridgehead atoms. The van der Waals surface area contributed by atoms with E-state index in [0.717, 1.165) is 11.1 Å². The lowest BCUT2D eigenvalue weighted by Gasteiger charge is -2.12. The Kier molecular flexibility index (Phi) is 5.62. The summed E-state index contributed by atoms with van der Waals surface area (Å²) in [5.74, 6) is -0.141. The number of benzene rings is 2. The highest BCUT2D eigenvalue weighted by Crippen LogP contribution is 2.22. The first-order valence-corrected chi connectivity index (χ1v) is 9.16. The van der Waals surface area contributed by atoms with Gasteiger partial charge in [0.25, 0.3) is 0 Å². The molecule has 0 heterocycles. The number of rotatable bonds is 6. The van der Waals surface area contributed by atoms with Gasteiger partial charge in [-0.25, -0.2) is 13.2 Å². The third kappa shape index (κ3) is 3.94. The van der Waals surface area contributed by atoms with E-state index in [2.05, 4.69) is 0 Å². The Hall–Kier alpha value is -2.34. The molecule has 0 unspecified atom stereocenters. The summed E-state index contributed by atoms with van der Waals surface area (Å²) in [4.78, 5) is 12.4. The summed E-state index contributed by atoms with van der Waals surface area (Å²) in [5, 5.41) is 0. The van der Waals surface area contributed by atoms with Crippen molar-refractivity contribution in [1.29, 1.82) is 0 Å². The highest BCUT2D eigenvalue weighted by Gasteiger charge is 2.21. The number of carbonyl (C=O) groups is 1. The van der Waals surface area contributed by atoms with E-state index < -0.39 is 15.8 Å². The summed E-state index contributed by atoms with van der Waals surface area (Å²) in [5.41, 5.74) is 1.78. The van der Waals surface area contributed by atoms with Crippen molar-refractivity contribution >= 4 is 15.8 Å². The lowest BCUT2D eigenvalue weighted by molar-refractivity contribution is 0.0465. The van der Waals surface area contributed by atoms with E-state index in [1.807, 2.05) is 19.1 Å². The van der Waals surface area contributed by atoms with Crippen LogP contribution in [-0.2, 0) is 21.2 Å². The second kappa shape index (κ2) is 7.49. The monoisotopic (exact) mass is 348 g/mol. The molecular weight excluding hydrogens is 328 g/mol. The zero-order valence-electron chi connectivity index (χ0n) is 13.9. The molecule has 2 aromatic rings. The maximum absolute atomic E-state index is 12.4. The molecular formula is C18H20O5S. The number of methoxy groups -OCH3 is 1. The van der Waals surface area contributed by atoms with E-state index in [4.69, 9.17) is 9.47 Å². The van der Waals surface area contributed by atoms with Gasteiger partial charge in [0.15, 0.2) is 9.84 Å². The SMILES string of the molecule is CCS(=O)(=O)c1ccccc1C(=O)OCc1cc(C)ccc1OC. The number of aryl methyl sites for hydroxylation is 1. The van der Waals surface area contributed by atoms with Crippen LogP contribution in [0.5, 0.6) is 5.75 Å². The van der Waals surface area contributed by atoms with Crippen molar-refractivity contribution in [2.75, 3.05) is 12.9 Å². The molecule has 0 saturated carbocycles. The minimum atomic E-state index is -3.50. The molecule has 2 aromatic carbocycles. The first kappa shape index (κ1) is 18.0. The first-order valence-electron chi connectivity index (χ1n) is 7.51. The molecule has 0 N–H and O–H groups in total. The number of carbonyl (C=O) groups excluding carboxylic acids is 1. The smallest absolute Gasteiger partial charge is 0.339 e. The number of ether oxygens (including phenoxy) is 2. The van der Waals surface area contributed by atoms with Crippen LogP contribution in [0.4, 0.5) is 0 Å². The second-order valence-electron chi connectivity index (χ2n) is 5.29. The van der Waals surface area contributed by atoms with Gasteiger partial charge in [-0.1, -0.05) is 30.7 Å². The third-order valence-corrected chi connectivity index (χ3v) is 5.40. The standard InChI is InChI=1S/C18H20O5S/c1-4-24(20,21)17-8-6-5-7-15(17)18(19)23-12-14-11-13(2)9-10-16(14)22-3/h5-11H,4,12H2,1-3H3. The van der Waals surface area contributed by atoms with Crippen LogP contribution in [0, 0.1) is 6.92 Å². The molecule has 0 aliphatic rings. The average Bonchev–Trinajstić information content (AvgIpc) is 2.59. The highest BCUT2D eigenvalue weighted by molar-refractivity contribution is 7.91. The lowest BCUT2D eigenvalue weighted by atomic mass is 10.1. The van der Waals surface area contributed by atoms with Crippen LogP contribution in [0.15, 0.2) is 47.4 Å². The molecule has 0 fully saturated rings. The minimum absolute atomic E-state index is 0.00416. The summed E-state index contributed by atoms with van der Waals surface area (Å²) >= 11 is 0. The lowest BCUT2D eigenvalue weighted by Crippen LogP contribution is -2.13. The molecule has 128 valence electrons.